The lowest BCUT2D eigenvalue weighted by Gasteiger charge is -1.98. The van der Waals surface area contributed by atoms with Gasteiger partial charge in [0.15, 0.2) is 0 Å². The average Bonchev–Trinajstić information content (AvgIpc) is 3.20. The van der Waals surface area contributed by atoms with E-state index in [9.17, 15) is 0 Å². The first-order valence-corrected chi connectivity index (χ1v) is 8.01. The van der Waals surface area contributed by atoms with E-state index in [-0.39, 0.29) is 12.7 Å². The van der Waals surface area contributed by atoms with Gasteiger partial charge in [0.2, 0.25) is 11.6 Å². The molecule has 0 spiro atoms. The second-order valence-corrected chi connectivity index (χ2v) is 6.00. The van der Waals surface area contributed by atoms with Crippen LogP contribution in [0.15, 0.2) is 41.1 Å². The van der Waals surface area contributed by atoms with E-state index in [1.165, 1.54) is 0 Å². The Labute approximate surface area is 148 Å². The molecular weight excluding hydrogens is 342 g/mol. The predicted octanol–water partition coefficient (Wildman–Crippen LogP) is 3.63. The fourth-order valence-electron chi connectivity index (χ4n) is 2.54. The zero-order chi connectivity index (χ0) is 17.4. The second kappa shape index (κ2) is 6.18. The van der Waals surface area contributed by atoms with Gasteiger partial charge in [0.25, 0.3) is 0 Å². The number of halogens is 1. The molecule has 0 radical (unpaired) electrons. The van der Waals surface area contributed by atoms with E-state index in [0.717, 1.165) is 17.1 Å². The second-order valence-electron chi connectivity index (χ2n) is 5.59. The van der Waals surface area contributed by atoms with Crippen molar-refractivity contribution < 1.29 is 9.26 Å². The van der Waals surface area contributed by atoms with E-state index in [2.05, 4.69) is 20.1 Å². The van der Waals surface area contributed by atoms with Crippen molar-refractivity contribution in [2.75, 3.05) is 0 Å². The largest absolute Gasteiger partial charge is 0.442 e. The molecule has 0 saturated heterocycles. The van der Waals surface area contributed by atoms with Crippen LogP contribution < -0.4 is 4.74 Å². The number of nitrogens with zero attached hydrogens (tertiary/aromatic N) is 5. The Balaban J connectivity index is 1.52. The number of benzene rings is 1. The van der Waals surface area contributed by atoms with Gasteiger partial charge in [0, 0.05) is 23.1 Å². The van der Waals surface area contributed by atoms with Crippen LogP contribution in [0.1, 0.15) is 17.1 Å². The van der Waals surface area contributed by atoms with Crippen molar-refractivity contribution in [2.45, 2.75) is 20.5 Å². The molecule has 0 N–H and O–H groups in total. The van der Waals surface area contributed by atoms with Gasteiger partial charge in [-0.05, 0) is 32.0 Å². The molecule has 3 heterocycles. The maximum absolute atomic E-state index is 6.13. The minimum atomic E-state index is 0.0628. The van der Waals surface area contributed by atoms with Gasteiger partial charge >= 0.3 is 6.08 Å². The van der Waals surface area contributed by atoms with E-state index in [4.69, 9.17) is 20.9 Å². The van der Waals surface area contributed by atoms with Crippen LogP contribution in [0.2, 0.25) is 5.02 Å². The smallest absolute Gasteiger partial charge is 0.418 e. The quantitative estimate of drug-likeness (QED) is 0.556. The van der Waals surface area contributed by atoms with E-state index in [1.807, 2.05) is 48.7 Å². The summed E-state index contributed by atoms with van der Waals surface area (Å²) >= 11 is 6.13. The zero-order valence-electron chi connectivity index (χ0n) is 13.6. The first-order valence-electron chi connectivity index (χ1n) is 7.64. The molecular formula is C17H14ClN5O2. The SMILES string of the molecule is Cc1cc(C)n2cc(COc3nc(-c4ccccc4Cl)no3)nc2n1. The van der Waals surface area contributed by atoms with E-state index >= 15 is 0 Å². The lowest BCUT2D eigenvalue weighted by Crippen LogP contribution is -1.95. The molecule has 8 heteroatoms. The average molecular weight is 356 g/mol. The summed E-state index contributed by atoms with van der Waals surface area (Å²) in [5.74, 6) is 1.02. The van der Waals surface area contributed by atoms with E-state index in [1.54, 1.807) is 6.07 Å². The summed E-state index contributed by atoms with van der Waals surface area (Å²) in [6, 6.07) is 9.27. The maximum atomic E-state index is 6.13. The van der Waals surface area contributed by atoms with Gasteiger partial charge in [0.1, 0.15) is 6.61 Å². The molecule has 3 aromatic heterocycles. The van der Waals surface area contributed by atoms with Crippen molar-refractivity contribution >= 4 is 17.4 Å². The topological polar surface area (TPSA) is 78.3 Å². The Morgan fingerprint density at radius 1 is 1.16 bits per heavy atom. The van der Waals surface area contributed by atoms with Crippen LogP contribution in [0.25, 0.3) is 17.2 Å². The van der Waals surface area contributed by atoms with Crippen LogP contribution in [0, 0.1) is 13.8 Å². The predicted molar refractivity (Wildman–Crippen MR) is 91.5 cm³/mol. The normalized spacial score (nSPS) is 11.2. The van der Waals surface area contributed by atoms with Gasteiger partial charge < -0.3 is 4.74 Å². The van der Waals surface area contributed by atoms with E-state index < -0.39 is 0 Å². The van der Waals surface area contributed by atoms with Gasteiger partial charge in [0.05, 0.1) is 10.7 Å². The minimum absolute atomic E-state index is 0.0628. The molecule has 0 amide bonds. The number of hydrogen-bond acceptors (Lipinski definition) is 6. The van der Waals surface area contributed by atoms with Crippen molar-refractivity contribution in [3.05, 3.63) is 58.6 Å². The van der Waals surface area contributed by atoms with Crippen molar-refractivity contribution in [1.29, 1.82) is 0 Å². The molecule has 25 heavy (non-hydrogen) atoms. The minimum Gasteiger partial charge on any atom is -0.442 e. The highest BCUT2D eigenvalue weighted by Gasteiger charge is 2.13. The molecule has 0 aliphatic rings. The molecule has 7 nitrogen and oxygen atoms in total. The van der Waals surface area contributed by atoms with E-state index in [0.29, 0.717) is 22.2 Å². The first kappa shape index (κ1) is 15.6. The highest BCUT2D eigenvalue weighted by Crippen LogP contribution is 2.26. The summed E-state index contributed by atoms with van der Waals surface area (Å²) < 4.78 is 12.6. The molecule has 0 saturated carbocycles. The Morgan fingerprint density at radius 2 is 2.00 bits per heavy atom. The Hall–Kier alpha value is -2.93. The fraction of sp³-hybridized carbons (Fsp3) is 0.176. The molecule has 0 bridgehead atoms. The third-order valence-corrected chi connectivity index (χ3v) is 4.01. The molecule has 0 unspecified atom stereocenters. The van der Waals surface area contributed by atoms with Crippen LogP contribution >= 0.6 is 11.6 Å². The number of ether oxygens (including phenoxy) is 1. The van der Waals surface area contributed by atoms with Crippen LogP contribution in [0.3, 0.4) is 0 Å². The van der Waals surface area contributed by atoms with Crippen LogP contribution in [-0.4, -0.2) is 24.5 Å². The Morgan fingerprint density at radius 3 is 2.84 bits per heavy atom. The molecule has 1 aromatic carbocycles. The van der Waals surface area contributed by atoms with Crippen molar-refractivity contribution in [3.8, 4) is 17.5 Å². The number of imidazole rings is 1. The van der Waals surface area contributed by atoms with Gasteiger partial charge in [-0.15, -0.1) is 0 Å². The molecule has 0 atom stereocenters. The van der Waals surface area contributed by atoms with Crippen molar-refractivity contribution in [2.24, 2.45) is 0 Å². The lowest BCUT2D eigenvalue weighted by atomic mass is 10.2. The zero-order valence-corrected chi connectivity index (χ0v) is 14.4. The van der Waals surface area contributed by atoms with Gasteiger partial charge in [-0.2, -0.15) is 4.98 Å². The summed E-state index contributed by atoms with van der Waals surface area (Å²) in [6.07, 6.45) is 1.94. The number of aryl methyl sites for hydroxylation is 2. The molecule has 0 aliphatic carbocycles. The fourth-order valence-corrected chi connectivity index (χ4v) is 2.76. The number of fused-ring (bicyclic) bond motifs is 1. The molecule has 126 valence electrons. The number of hydrogen-bond donors (Lipinski definition) is 0. The standard InChI is InChI=1S/C17H14ClN5O2/c1-10-7-11(2)23-8-12(20-16(23)19-10)9-24-17-21-15(22-25-17)13-5-3-4-6-14(13)18/h3-8H,9H2,1-2H3. The number of rotatable bonds is 4. The third kappa shape index (κ3) is 3.06. The van der Waals surface area contributed by atoms with Gasteiger partial charge in [-0.3, -0.25) is 8.92 Å². The van der Waals surface area contributed by atoms with Crippen LogP contribution in [0.5, 0.6) is 6.08 Å². The highest BCUT2D eigenvalue weighted by atomic mass is 35.5. The van der Waals surface area contributed by atoms with Gasteiger partial charge in [-0.1, -0.05) is 28.9 Å². The van der Waals surface area contributed by atoms with Crippen molar-refractivity contribution in [3.63, 3.8) is 0 Å². The summed E-state index contributed by atoms with van der Waals surface area (Å²) in [5, 5.41) is 4.44. The Kier molecular flexibility index (Phi) is 3.85. The molecule has 0 aliphatic heterocycles. The molecule has 4 rings (SSSR count). The maximum Gasteiger partial charge on any atom is 0.418 e. The third-order valence-electron chi connectivity index (χ3n) is 3.68. The summed E-state index contributed by atoms with van der Waals surface area (Å²) in [5.41, 5.74) is 3.38. The van der Waals surface area contributed by atoms with Gasteiger partial charge in [-0.25, -0.2) is 9.97 Å². The lowest BCUT2D eigenvalue weighted by molar-refractivity contribution is 0.193. The Bertz CT molecular complexity index is 1060. The molecule has 4 aromatic rings. The first-order chi connectivity index (χ1) is 12.1. The highest BCUT2D eigenvalue weighted by molar-refractivity contribution is 6.33. The number of aromatic nitrogens is 5. The summed E-state index contributed by atoms with van der Waals surface area (Å²) in [6.45, 7) is 4.14. The monoisotopic (exact) mass is 355 g/mol. The summed E-state index contributed by atoms with van der Waals surface area (Å²) in [7, 11) is 0. The molecule has 0 fully saturated rings. The summed E-state index contributed by atoms with van der Waals surface area (Å²) in [4.78, 5) is 13.0. The van der Waals surface area contributed by atoms with Crippen molar-refractivity contribution in [1.82, 2.24) is 24.5 Å². The van der Waals surface area contributed by atoms with Crippen LogP contribution in [-0.2, 0) is 6.61 Å². The van der Waals surface area contributed by atoms with Crippen LogP contribution in [0.4, 0.5) is 0 Å².